The molecule has 0 saturated heterocycles. The van der Waals surface area contributed by atoms with E-state index in [0.29, 0.717) is 0 Å². The van der Waals surface area contributed by atoms with Gasteiger partial charge in [0.15, 0.2) is 0 Å². The molecule has 1 heteroatoms. The Hall–Kier alpha value is -5.40. The van der Waals surface area contributed by atoms with Crippen LogP contribution in [0.4, 0.5) is 0 Å². The topological polar surface area (TPSA) is 9.23 Å². The fourth-order valence-corrected chi connectivity index (χ4v) is 9.51. The fraction of sp³-hybridized carbons (Fsp3) is 0.216. The van der Waals surface area contributed by atoms with Crippen LogP contribution in [0.15, 0.2) is 121 Å². The molecule has 0 saturated carbocycles. The lowest BCUT2D eigenvalue weighted by atomic mass is 9.68. The summed E-state index contributed by atoms with van der Waals surface area (Å²) in [7, 11) is 0. The Morgan fingerprint density at radius 3 is 1.69 bits per heavy atom. The van der Waals surface area contributed by atoms with Gasteiger partial charge < -0.3 is 4.74 Å². The third-order valence-electron chi connectivity index (χ3n) is 12.3. The van der Waals surface area contributed by atoms with E-state index in [2.05, 4.69) is 177 Å². The third-order valence-corrected chi connectivity index (χ3v) is 12.3. The molecule has 0 bridgehead atoms. The summed E-state index contributed by atoms with van der Waals surface area (Å²) in [5.41, 5.74) is 20.7. The molecule has 1 aliphatic heterocycles. The van der Waals surface area contributed by atoms with Crippen LogP contribution in [0.3, 0.4) is 0 Å². The van der Waals surface area contributed by atoms with Crippen LogP contribution in [0.5, 0.6) is 11.5 Å². The first-order valence-electron chi connectivity index (χ1n) is 18.8. The van der Waals surface area contributed by atoms with Crippen molar-refractivity contribution in [2.45, 2.75) is 71.6 Å². The van der Waals surface area contributed by atoms with Gasteiger partial charge in [-0.05, 0) is 132 Å². The van der Waals surface area contributed by atoms with E-state index < -0.39 is 5.41 Å². The highest BCUT2D eigenvalue weighted by molar-refractivity contribution is 6.12. The summed E-state index contributed by atoms with van der Waals surface area (Å²) in [6, 6.07) is 46.6. The molecule has 10 rings (SSSR count). The van der Waals surface area contributed by atoms with Gasteiger partial charge in [0.1, 0.15) is 11.5 Å². The Morgan fingerprint density at radius 1 is 0.423 bits per heavy atom. The van der Waals surface area contributed by atoms with Crippen LogP contribution in [0.1, 0.15) is 86.1 Å². The maximum Gasteiger partial charge on any atom is 0.135 e. The predicted octanol–water partition coefficient (Wildman–Crippen LogP) is 13.8. The Kier molecular flexibility index (Phi) is 6.24. The SMILES string of the molecule is Cc1cc2c(cc1C)-c1cccc3c(-c4cccc5c4-c4ccccc4C54c5cc(C(C)(C)C)ccc5-c5ccc(C(C)(C)C)cc54)ccc(c13)O2. The van der Waals surface area contributed by atoms with Gasteiger partial charge in [-0.3, -0.25) is 0 Å². The summed E-state index contributed by atoms with van der Waals surface area (Å²) in [6.07, 6.45) is 0. The molecule has 0 N–H and O–H groups in total. The Bertz CT molecular complexity index is 2630. The first kappa shape index (κ1) is 31.3. The van der Waals surface area contributed by atoms with E-state index in [0.717, 1.165) is 11.5 Å². The fourth-order valence-electron chi connectivity index (χ4n) is 9.51. The second kappa shape index (κ2) is 10.4. The van der Waals surface area contributed by atoms with E-state index in [1.54, 1.807) is 0 Å². The molecule has 2 aliphatic carbocycles. The van der Waals surface area contributed by atoms with Crippen molar-refractivity contribution in [3.05, 3.63) is 166 Å². The van der Waals surface area contributed by atoms with Gasteiger partial charge in [0.05, 0.1) is 5.41 Å². The van der Waals surface area contributed by atoms with Gasteiger partial charge >= 0.3 is 0 Å². The molecular formula is C51H44O. The molecule has 7 aromatic rings. The smallest absolute Gasteiger partial charge is 0.135 e. The van der Waals surface area contributed by atoms with E-state index in [1.807, 2.05) is 0 Å². The summed E-state index contributed by atoms with van der Waals surface area (Å²) in [5.74, 6) is 1.87. The molecule has 1 heterocycles. The maximum atomic E-state index is 6.66. The van der Waals surface area contributed by atoms with Crippen LogP contribution in [-0.4, -0.2) is 0 Å². The molecule has 0 amide bonds. The highest BCUT2D eigenvalue weighted by Gasteiger charge is 2.52. The molecular weight excluding hydrogens is 629 g/mol. The Labute approximate surface area is 308 Å². The van der Waals surface area contributed by atoms with Crippen LogP contribution >= 0.6 is 0 Å². The minimum Gasteiger partial charge on any atom is -0.456 e. The lowest BCUT2D eigenvalue weighted by Crippen LogP contribution is -2.27. The maximum absolute atomic E-state index is 6.66. The van der Waals surface area contributed by atoms with E-state index in [9.17, 15) is 0 Å². The molecule has 0 aromatic heterocycles. The van der Waals surface area contributed by atoms with Gasteiger partial charge in [0, 0.05) is 10.9 Å². The van der Waals surface area contributed by atoms with E-state index in [1.165, 1.54) is 99.8 Å². The molecule has 0 fully saturated rings. The first-order chi connectivity index (χ1) is 24.9. The highest BCUT2D eigenvalue weighted by Crippen LogP contribution is 2.65. The molecule has 1 nitrogen and oxygen atoms in total. The van der Waals surface area contributed by atoms with Crippen molar-refractivity contribution >= 4 is 10.8 Å². The Morgan fingerprint density at radius 2 is 1.00 bits per heavy atom. The van der Waals surface area contributed by atoms with Crippen LogP contribution in [-0.2, 0) is 16.2 Å². The van der Waals surface area contributed by atoms with E-state index in [-0.39, 0.29) is 10.8 Å². The second-order valence-electron chi connectivity index (χ2n) is 17.4. The monoisotopic (exact) mass is 672 g/mol. The molecule has 254 valence electrons. The van der Waals surface area contributed by atoms with Crippen molar-refractivity contribution in [1.82, 2.24) is 0 Å². The van der Waals surface area contributed by atoms with Crippen molar-refractivity contribution in [2.24, 2.45) is 0 Å². The van der Waals surface area contributed by atoms with Gasteiger partial charge in [-0.25, -0.2) is 0 Å². The molecule has 52 heavy (non-hydrogen) atoms. The van der Waals surface area contributed by atoms with Crippen molar-refractivity contribution in [3.63, 3.8) is 0 Å². The average Bonchev–Trinajstić information content (AvgIpc) is 3.59. The van der Waals surface area contributed by atoms with Crippen LogP contribution < -0.4 is 4.74 Å². The number of ether oxygens (including phenoxy) is 1. The minimum atomic E-state index is -0.432. The molecule has 3 aliphatic rings. The van der Waals surface area contributed by atoms with Crippen molar-refractivity contribution < 1.29 is 4.74 Å². The zero-order valence-corrected chi connectivity index (χ0v) is 31.5. The highest BCUT2D eigenvalue weighted by atomic mass is 16.5. The van der Waals surface area contributed by atoms with Gasteiger partial charge in [-0.1, -0.05) is 145 Å². The molecule has 7 aromatic carbocycles. The van der Waals surface area contributed by atoms with Crippen LogP contribution in [0, 0.1) is 13.8 Å². The minimum absolute atomic E-state index is 0.0195. The molecule has 0 unspecified atom stereocenters. The van der Waals surface area contributed by atoms with Crippen molar-refractivity contribution in [3.8, 4) is 56.0 Å². The number of fused-ring (bicyclic) bond motifs is 12. The number of hydrogen-bond donors (Lipinski definition) is 0. The molecule has 0 atom stereocenters. The summed E-state index contributed by atoms with van der Waals surface area (Å²) in [4.78, 5) is 0. The second-order valence-corrected chi connectivity index (χ2v) is 17.4. The first-order valence-corrected chi connectivity index (χ1v) is 18.8. The summed E-state index contributed by atoms with van der Waals surface area (Å²) in [6.45, 7) is 18.3. The number of benzene rings is 7. The molecule has 1 spiro atoms. The number of rotatable bonds is 1. The lowest BCUT2D eigenvalue weighted by molar-refractivity contribution is 0.486. The van der Waals surface area contributed by atoms with Crippen LogP contribution in [0.2, 0.25) is 0 Å². The van der Waals surface area contributed by atoms with Crippen LogP contribution in [0.25, 0.3) is 55.3 Å². The van der Waals surface area contributed by atoms with Gasteiger partial charge in [0.25, 0.3) is 0 Å². The van der Waals surface area contributed by atoms with Crippen molar-refractivity contribution in [2.75, 3.05) is 0 Å². The summed E-state index contributed by atoms with van der Waals surface area (Å²) < 4.78 is 6.66. The Balaban J connectivity index is 1.30. The van der Waals surface area contributed by atoms with Crippen molar-refractivity contribution in [1.29, 1.82) is 0 Å². The van der Waals surface area contributed by atoms with E-state index >= 15 is 0 Å². The summed E-state index contributed by atoms with van der Waals surface area (Å²) >= 11 is 0. The average molecular weight is 673 g/mol. The zero-order chi connectivity index (χ0) is 35.9. The summed E-state index contributed by atoms with van der Waals surface area (Å²) in [5, 5.41) is 2.42. The van der Waals surface area contributed by atoms with Gasteiger partial charge in [0.2, 0.25) is 0 Å². The normalized spacial score (nSPS) is 14.5. The quantitative estimate of drug-likeness (QED) is 0.169. The standard InChI is InChI=1S/C51H44O/c1-29-25-40-38-15-11-14-37-33(23-24-45(48(37)38)52-46(40)26-30(29)2)36-16-12-18-42-47(36)39-13-9-10-17-41(39)51(42)43-27-31(49(3,4)5)19-21-34(43)35-22-20-32(28-44(35)51)50(6,7)8/h9-28H,1-8H3. The zero-order valence-electron chi connectivity index (χ0n) is 31.5. The lowest BCUT2D eigenvalue weighted by Gasteiger charge is -2.33. The third kappa shape index (κ3) is 4.05. The van der Waals surface area contributed by atoms with E-state index in [4.69, 9.17) is 4.74 Å². The number of hydrogen-bond acceptors (Lipinski definition) is 1. The van der Waals surface area contributed by atoms with Gasteiger partial charge in [-0.2, -0.15) is 0 Å². The van der Waals surface area contributed by atoms with Gasteiger partial charge in [-0.15, -0.1) is 0 Å². The number of aryl methyl sites for hydroxylation is 2. The largest absolute Gasteiger partial charge is 0.456 e. The molecule has 0 radical (unpaired) electrons. The predicted molar refractivity (Wildman–Crippen MR) is 218 cm³/mol.